The van der Waals surface area contributed by atoms with Gasteiger partial charge < -0.3 is 19.5 Å². The van der Waals surface area contributed by atoms with E-state index in [9.17, 15) is 4.39 Å². The van der Waals surface area contributed by atoms with Gasteiger partial charge in [0.05, 0.1) is 7.11 Å². The topological polar surface area (TPSA) is 58.9 Å². The van der Waals surface area contributed by atoms with E-state index >= 15 is 0 Å². The van der Waals surface area contributed by atoms with Gasteiger partial charge in [-0.3, -0.25) is 0 Å². The Hall–Kier alpha value is -1.76. The summed E-state index contributed by atoms with van der Waals surface area (Å²) in [4.78, 5) is 0. The predicted molar refractivity (Wildman–Crippen MR) is 78.6 cm³/mol. The monoisotopic (exact) mass is 310 g/mol. The van der Waals surface area contributed by atoms with Crippen LogP contribution in [0.4, 0.5) is 4.39 Å². The molecule has 7 heteroatoms. The van der Waals surface area contributed by atoms with Crippen LogP contribution in [0.5, 0.6) is 11.5 Å². The number of hydrogen-bond acceptors (Lipinski definition) is 4. The van der Waals surface area contributed by atoms with Crippen molar-refractivity contribution in [3.63, 3.8) is 0 Å². The average molecular weight is 311 g/mol. The minimum atomic E-state index is -1.85. The number of benzene rings is 2. The van der Waals surface area contributed by atoms with Crippen LogP contribution in [-0.4, -0.2) is 24.3 Å². The zero-order valence-electron chi connectivity index (χ0n) is 11.2. The van der Waals surface area contributed by atoms with Crippen molar-refractivity contribution in [1.29, 1.82) is 0 Å². The van der Waals surface area contributed by atoms with E-state index in [1.807, 2.05) is 0 Å². The van der Waals surface area contributed by atoms with E-state index < -0.39 is 12.9 Å². The minimum absolute atomic E-state index is 0.143. The molecule has 0 atom stereocenters. The fourth-order valence-electron chi connectivity index (χ4n) is 1.83. The molecule has 2 aromatic rings. The molecule has 0 radical (unpaired) electrons. The van der Waals surface area contributed by atoms with Gasteiger partial charge in [0.2, 0.25) is 0 Å². The highest BCUT2D eigenvalue weighted by Gasteiger charge is 2.16. The molecule has 0 saturated carbocycles. The summed E-state index contributed by atoms with van der Waals surface area (Å²) >= 11 is 5.91. The maximum atomic E-state index is 13.6. The average Bonchev–Trinajstić information content (AvgIpc) is 2.45. The minimum Gasteiger partial charge on any atom is -0.496 e. The summed E-state index contributed by atoms with van der Waals surface area (Å²) in [5, 5.41) is 18.4. The Kier molecular flexibility index (Phi) is 5.06. The quantitative estimate of drug-likeness (QED) is 0.826. The molecule has 0 amide bonds. The molecule has 2 N–H and O–H groups in total. The predicted octanol–water partition coefficient (Wildman–Crippen LogP) is 1.75. The Labute approximate surface area is 126 Å². The second-order valence-electron chi connectivity index (χ2n) is 4.30. The molecule has 0 bridgehead atoms. The van der Waals surface area contributed by atoms with Crippen LogP contribution in [0.2, 0.25) is 5.02 Å². The second-order valence-corrected chi connectivity index (χ2v) is 4.74. The number of rotatable bonds is 5. The standard InChI is InChI=1S/C14H13BClFO4/c1-20-14-5-2-10(16)6-9(14)8-21-11-3-4-12(15(18)19)13(17)7-11/h2-7,18-19H,8H2,1H3. The molecule has 0 unspecified atom stereocenters. The molecule has 21 heavy (non-hydrogen) atoms. The van der Waals surface area contributed by atoms with Gasteiger partial charge in [-0.25, -0.2) is 4.39 Å². The van der Waals surface area contributed by atoms with Crippen molar-refractivity contribution in [2.24, 2.45) is 0 Å². The third-order valence-electron chi connectivity index (χ3n) is 2.89. The molecule has 2 aromatic carbocycles. The summed E-state index contributed by atoms with van der Waals surface area (Å²) < 4.78 is 24.2. The summed E-state index contributed by atoms with van der Waals surface area (Å²) in [5.74, 6) is 0.127. The van der Waals surface area contributed by atoms with Crippen LogP contribution in [0, 0.1) is 5.82 Å². The van der Waals surface area contributed by atoms with Crippen LogP contribution >= 0.6 is 11.6 Å². The molecule has 4 nitrogen and oxygen atoms in total. The third-order valence-corrected chi connectivity index (χ3v) is 3.12. The van der Waals surface area contributed by atoms with Crippen LogP contribution in [-0.2, 0) is 6.61 Å². The maximum Gasteiger partial charge on any atom is 0.491 e. The first-order valence-corrected chi connectivity index (χ1v) is 6.50. The molecule has 2 rings (SSSR count). The van der Waals surface area contributed by atoms with Crippen LogP contribution in [0.25, 0.3) is 0 Å². The first kappa shape index (κ1) is 15.6. The van der Waals surface area contributed by atoms with Crippen molar-refractivity contribution in [3.05, 3.63) is 52.8 Å². The van der Waals surface area contributed by atoms with Gasteiger partial charge in [0.25, 0.3) is 0 Å². The first-order valence-electron chi connectivity index (χ1n) is 6.12. The van der Waals surface area contributed by atoms with E-state index in [2.05, 4.69) is 0 Å². The van der Waals surface area contributed by atoms with Crippen LogP contribution in [0.1, 0.15) is 5.56 Å². The Balaban J connectivity index is 2.13. The Morgan fingerprint density at radius 1 is 1.19 bits per heavy atom. The normalized spacial score (nSPS) is 10.3. The van der Waals surface area contributed by atoms with Gasteiger partial charge in [-0.15, -0.1) is 0 Å². The fraction of sp³-hybridized carbons (Fsp3) is 0.143. The molecule has 0 aliphatic carbocycles. The van der Waals surface area contributed by atoms with E-state index in [1.165, 1.54) is 19.2 Å². The molecule has 0 saturated heterocycles. The molecule has 0 aliphatic heterocycles. The summed E-state index contributed by atoms with van der Waals surface area (Å²) in [6.07, 6.45) is 0. The molecular formula is C14H13BClFO4. The summed E-state index contributed by atoms with van der Waals surface area (Å²) in [5.41, 5.74) is 0.513. The lowest BCUT2D eigenvalue weighted by Crippen LogP contribution is -2.32. The van der Waals surface area contributed by atoms with Crippen LogP contribution < -0.4 is 14.9 Å². The lowest BCUT2D eigenvalue weighted by molar-refractivity contribution is 0.295. The number of halogens is 2. The molecule has 110 valence electrons. The molecule has 0 aromatic heterocycles. The van der Waals surface area contributed by atoms with Gasteiger partial charge in [0, 0.05) is 22.1 Å². The van der Waals surface area contributed by atoms with Crippen LogP contribution in [0.15, 0.2) is 36.4 Å². The Morgan fingerprint density at radius 2 is 1.95 bits per heavy atom. The van der Waals surface area contributed by atoms with Gasteiger partial charge in [-0.2, -0.15) is 0 Å². The zero-order valence-corrected chi connectivity index (χ0v) is 12.0. The van der Waals surface area contributed by atoms with Crippen molar-refractivity contribution < 1.29 is 23.9 Å². The highest BCUT2D eigenvalue weighted by Crippen LogP contribution is 2.24. The van der Waals surface area contributed by atoms with Crippen molar-refractivity contribution in [2.45, 2.75) is 6.61 Å². The molecule has 0 fully saturated rings. The second kappa shape index (κ2) is 6.80. The summed E-state index contributed by atoms with van der Waals surface area (Å²) in [6, 6.07) is 8.90. The highest BCUT2D eigenvalue weighted by atomic mass is 35.5. The lowest BCUT2D eigenvalue weighted by Gasteiger charge is -2.11. The summed E-state index contributed by atoms with van der Waals surface area (Å²) in [6.45, 7) is 0.143. The van der Waals surface area contributed by atoms with Crippen molar-refractivity contribution in [1.82, 2.24) is 0 Å². The fourth-order valence-corrected chi connectivity index (χ4v) is 2.02. The smallest absolute Gasteiger partial charge is 0.491 e. The van der Waals surface area contributed by atoms with Gasteiger partial charge in [0.15, 0.2) is 0 Å². The van der Waals surface area contributed by atoms with E-state index in [-0.39, 0.29) is 17.8 Å². The van der Waals surface area contributed by atoms with E-state index in [0.29, 0.717) is 10.8 Å². The SMILES string of the molecule is COc1ccc(Cl)cc1COc1ccc(B(O)O)c(F)c1. The van der Waals surface area contributed by atoms with Gasteiger partial charge in [-0.1, -0.05) is 17.7 Å². The van der Waals surface area contributed by atoms with Crippen molar-refractivity contribution >= 4 is 24.2 Å². The van der Waals surface area contributed by atoms with E-state index in [4.69, 9.17) is 31.1 Å². The number of ether oxygens (including phenoxy) is 2. The van der Waals surface area contributed by atoms with Crippen molar-refractivity contribution in [3.8, 4) is 11.5 Å². The maximum absolute atomic E-state index is 13.6. The van der Waals surface area contributed by atoms with Crippen molar-refractivity contribution in [2.75, 3.05) is 7.11 Å². The van der Waals surface area contributed by atoms with Crippen LogP contribution in [0.3, 0.4) is 0 Å². The molecule has 0 spiro atoms. The Morgan fingerprint density at radius 3 is 2.57 bits per heavy atom. The largest absolute Gasteiger partial charge is 0.496 e. The highest BCUT2D eigenvalue weighted by molar-refractivity contribution is 6.58. The van der Waals surface area contributed by atoms with Gasteiger partial charge in [-0.05, 0) is 24.3 Å². The number of methoxy groups -OCH3 is 1. The van der Waals surface area contributed by atoms with Gasteiger partial charge in [0.1, 0.15) is 23.9 Å². The van der Waals surface area contributed by atoms with E-state index in [1.54, 1.807) is 18.2 Å². The van der Waals surface area contributed by atoms with E-state index in [0.717, 1.165) is 11.6 Å². The lowest BCUT2D eigenvalue weighted by atomic mass is 9.80. The Bertz CT molecular complexity index is 636. The molecular weight excluding hydrogens is 297 g/mol. The third kappa shape index (κ3) is 3.88. The summed E-state index contributed by atoms with van der Waals surface area (Å²) in [7, 11) is -0.323. The molecule has 0 aliphatic rings. The first-order chi connectivity index (χ1) is 10.0. The molecule has 0 heterocycles. The number of hydrogen-bond donors (Lipinski definition) is 2. The van der Waals surface area contributed by atoms with Gasteiger partial charge >= 0.3 is 7.12 Å². The zero-order chi connectivity index (χ0) is 15.4.